The zero-order valence-electron chi connectivity index (χ0n) is 12.0. The molecule has 20 heavy (non-hydrogen) atoms. The van der Waals surface area contributed by atoms with Gasteiger partial charge in [0.25, 0.3) is 5.91 Å². The van der Waals surface area contributed by atoms with E-state index in [1.807, 2.05) is 11.8 Å². The van der Waals surface area contributed by atoms with Crippen molar-refractivity contribution < 1.29 is 14.7 Å². The molecule has 0 aliphatic carbocycles. The minimum atomic E-state index is -0.253. The van der Waals surface area contributed by atoms with Gasteiger partial charge in [-0.3, -0.25) is 9.69 Å². The highest BCUT2D eigenvalue weighted by Gasteiger charge is 2.30. The van der Waals surface area contributed by atoms with Crippen LogP contribution >= 0.6 is 0 Å². The number of ether oxygens (including phenoxy) is 1. The van der Waals surface area contributed by atoms with Crippen molar-refractivity contribution in [2.75, 3.05) is 32.8 Å². The maximum atomic E-state index is 12.3. The predicted molar refractivity (Wildman–Crippen MR) is 74.6 cm³/mol. The highest BCUT2D eigenvalue weighted by Crippen LogP contribution is 2.16. The molecule has 1 amide bonds. The standard InChI is InChI=1S/C13H24N4O3/c1-10(12(14)15-19)16-5-7-17(8-6-16)13(18)11-4-2-3-9-20-11/h10-11,19H,2-9H2,1H3,(H2,14,15). The lowest BCUT2D eigenvalue weighted by Crippen LogP contribution is -2.56. The molecule has 2 aliphatic rings. The Morgan fingerprint density at radius 2 is 2.05 bits per heavy atom. The number of hydrogen-bond acceptors (Lipinski definition) is 5. The maximum absolute atomic E-state index is 12.3. The summed E-state index contributed by atoms with van der Waals surface area (Å²) in [5.41, 5.74) is 5.62. The number of nitrogens with two attached hydrogens (primary N) is 1. The highest BCUT2D eigenvalue weighted by atomic mass is 16.5. The van der Waals surface area contributed by atoms with Crippen LogP contribution in [0.4, 0.5) is 0 Å². The number of amidine groups is 1. The molecule has 0 radical (unpaired) electrons. The van der Waals surface area contributed by atoms with E-state index in [2.05, 4.69) is 10.1 Å². The molecule has 2 rings (SSSR count). The Balaban J connectivity index is 1.83. The fraction of sp³-hybridized carbons (Fsp3) is 0.846. The van der Waals surface area contributed by atoms with Gasteiger partial charge in [-0.25, -0.2) is 0 Å². The van der Waals surface area contributed by atoms with E-state index in [0.717, 1.165) is 32.4 Å². The van der Waals surface area contributed by atoms with E-state index in [-0.39, 0.29) is 23.9 Å². The van der Waals surface area contributed by atoms with E-state index in [4.69, 9.17) is 15.7 Å². The molecule has 2 aliphatic heterocycles. The first kappa shape index (κ1) is 15.1. The molecule has 2 saturated heterocycles. The van der Waals surface area contributed by atoms with Gasteiger partial charge in [0.1, 0.15) is 6.10 Å². The molecule has 7 nitrogen and oxygen atoms in total. The van der Waals surface area contributed by atoms with E-state index in [0.29, 0.717) is 19.7 Å². The second kappa shape index (κ2) is 6.90. The van der Waals surface area contributed by atoms with E-state index < -0.39 is 0 Å². The van der Waals surface area contributed by atoms with Crippen LogP contribution in [0.2, 0.25) is 0 Å². The van der Waals surface area contributed by atoms with Crippen molar-refractivity contribution in [3.63, 3.8) is 0 Å². The van der Waals surface area contributed by atoms with Gasteiger partial charge in [-0.1, -0.05) is 5.16 Å². The maximum Gasteiger partial charge on any atom is 0.251 e. The minimum Gasteiger partial charge on any atom is -0.409 e. The number of oxime groups is 1. The molecule has 0 aromatic heterocycles. The van der Waals surface area contributed by atoms with Gasteiger partial charge in [0.2, 0.25) is 0 Å². The zero-order chi connectivity index (χ0) is 14.5. The third-order valence-electron chi connectivity index (χ3n) is 4.17. The Labute approximate surface area is 119 Å². The fourth-order valence-electron chi connectivity index (χ4n) is 2.74. The Morgan fingerprint density at radius 3 is 2.60 bits per heavy atom. The van der Waals surface area contributed by atoms with Crippen molar-refractivity contribution in [1.82, 2.24) is 9.80 Å². The average molecular weight is 284 g/mol. The molecule has 0 aromatic rings. The quantitative estimate of drug-likeness (QED) is 0.325. The second-order valence-electron chi connectivity index (χ2n) is 5.42. The second-order valence-corrected chi connectivity index (χ2v) is 5.42. The fourth-order valence-corrected chi connectivity index (χ4v) is 2.74. The summed E-state index contributed by atoms with van der Waals surface area (Å²) >= 11 is 0. The molecule has 2 atom stereocenters. The van der Waals surface area contributed by atoms with Gasteiger partial charge in [-0.05, 0) is 26.2 Å². The van der Waals surface area contributed by atoms with Gasteiger partial charge >= 0.3 is 0 Å². The van der Waals surface area contributed by atoms with Crippen molar-refractivity contribution in [1.29, 1.82) is 0 Å². The summed E-state index contributed by atoms with van der Waals surface area (Å²) in [7, 11) is 0. The zero-order valence-corrected chi connectivity index (χ0v) is 12.0. The summed E-state index contributed by atoms with van der Waals surface area (Å²) in [6.07, 6.45) is 2.70. The lowest BCUT2D eigenvalue weighted by Gasteiger charge is -2.39. The molecule has 7 heteroatoms. The summed E-state index contributed by atoms with van der Waals surface area (Å²) in [6.45, 7) is 5.39. The molecular weight excluding hydrogens is 260 g/mol. The molecule has 0 bridgehead atoms. The molecule has 0 saturated carbocycles. The number of piperazine rings is 1. The number of rotatable bonds is 3. The summed E-state index contributed by atoms with van der Waals surface area (Å²) in [5.74, 6) is 0.321. The first-order chi connectivity index (χ1) is 9.63. The number of carbonyl (C=O) groups is 1. The van der Waals surface area contributed by atoms with Crippen LogP contribution in [-0.4, -0.2) is 71.7 Å². The van der Waals surface area contributed by atoms with Crippen LogP contribution in [0, 0.1) is 0 Å². The number of nitrogens with zero attached hydrogens (tertiary/aromatic N) is 3. The smallest absolute Gasteiger partial charge is 0.251 e. The first-order valence-electron chi connectivity index (χ1n) is 7.25. The lowest BCUT2D eigenvalue weighted by molar-refractivity contribution is -0.148. The molecule has 2 heterocycles. The van der Waals surface area contributed by atoms with Crippen molar-refractivity contribution in [2.45, 2.75) is 38.3 Å². The van der Waals surface area contributed by atoms with Crippen LogP contribution < -0.4 is 5.73 Å². The summed E-state index contributed by atoms with van der Waals surface area (Å²) in [6, 6.07) is -0.108. The largest absolute Gasteiger partial charge is 0.409 e. The van der Waals surface area contributed by atoms with Crippen LogP contribution in [0.15, 0.2) is 5.16 Å². The number of amides is 1. The van der Waals surface area contributed by atoms with E-state index in [1.165, 1.54) is 0 Å². The Kier molecular flexibility index (Phi) is 5.19. The topological polar surface area (TPSA) is 91.4 Å². The Bertz CT molecular complexity index is 361. The van der Waals surface area contributed by atoms with Crippen LogP contribution in [0.1, 0.15) is 26.2 Å². The summed E-state index contributed by atoms with van der Waals surface area (Å²) < 4.78 is 5.55. The van der Waals surface area contributed by atoms with E-state index >= 15 is 0 Å². The molecule has 0 aromatic carbocycles. The lowest BCUT2D eigenvalue weighted by atomic mass is 10.1. The van der Waals surface area contributed by atoms with Crippen molar-refractivity contribution in [3.8, 4) is 0 Å². The normalized spacial score (nSPS) is 27.4. The van der Waals surface area contributed by atoms with E-state index in [9.17, 15) is 4.79 Å². The van der Waals surface area contributed by atoms with Gasteiger partial charge in [-0.2, -0.15) is 0 Å². The third kappa shape index (κ3) is 3.40. The third-order valence-corrected chi connectivity index (χ3v) is 4.17. The van der Waals surface area contributed by atoms with Crippen LogP contribution in [0.3, 0.4) is 0 Å². The Hall–Kier alpha value is -1.34. The molecule has 2 fully saturated rings. The molecule has 3 N–H and O–H groups in total. The minimum absolute atomic E-state index is 0.108. The van der Waals surface area contributed by atoms with Gasteiger partial charge in [0, 0.05) is 32.8 Å². The van der Waals surface area contributed by atoms with Crippen molar-refractivity contribution in [3.05, 3.63) is 0 Å². The average Bonchev–Trinajstić information content (AvgIpc) is 2.53. The molecular formula is C13H24N4O3. The number of hydrogen-bond donors (Lipinski definition) is 2. The van der Waals surface area contributed by atoms with Gasteiger partial charge in [0.05, 0.1) is 6.04 Å². The summed E-state index contributed by atoms with van der Waals surface area (Å²) in [4.78, 5) is 16.3. The SMILES string of the molecule is CC(C(N)=NO)N1CCN(C(=O)C2CCCCO2)CC1. The highest BCUT2D eigenvalue weighted by molar-refractivity contribution is 5.85. The van der Waals surface area contributed by atoms with Crippen molar-refractivity contribution >= 4 is 11.7 Å². The number of carbonyl (C=O) groups excluding carboxylic acids is 1. The van der Waals surface area contributed by atoms with Gasteiger partial charge in [-0.15, -0.1) is 0 Å². The predicted octanol–water partition coefficient (Wildman–Crippen LogP) is -0.165. The van der Waals surface area contributed by atoms with Crippen LogP contribution in [0.25, 0.3) is 0 Å². The molecule has 114 valence electrons. The van der Waals surface area contributed by atoms with Crippen molar-refractivity contribution in [2.24, 2.45) is 10.9 Å². The Morgan fingerprint density at radius 1 is 1.35 bits per heavy atom. The van der Waals surface area contributed by atoms with Gasteiger partial charge in [0.15, 0.2) is 5.84 Å². The monoisotopic (exact) mass is 284 g/mol. The van der Waals surface area contributed by atoms with Crippen LogP contribution in [-0.2, 0) is 9.53 Å². The van der Waals surface area contributed by atoms with Gasteiger partial charge < -0.3 is 20.6 Å². The molecule has 2 unspecified atom stereocenters. The van der Waals surface area contributed by atoms with E-state index in [1.54, 1.807) is 0 Å². The molecule has 0 spiro atoms. The van der Waals surface area contributed by atoms with Crippen LogP contribution in [0.5, 0.6) is 0 Å². The summed E-state index contributed by atoms with van der Waals surface area (Å²) in [5, 5.41) is 11.7. The first-order valence-corrected chi connectivity index (χ1v) is 7.25.